The molecule has 6 rings (SSSR count). The number of amides is 2. The normalized spacial score (nSPS) is 25.5. The van der Waals surface area contributed by atoms with Gasteiger partial charge >= 0.3 is 0 Å². The first-order valence-corrected chi connectivity index (χ1v) is 14.0. The molecule has 2 aromatic carbocycles. The maximum absolute atomic E-state index is 13.9. The molecule has 0 spiro atoms. The quantitative estimate of drug-likeness (QED) is 0.306. The molecule has 1 fully saturated rings. The lowest BCUT2D eigenvalue weighted by Crippen LogP contribution is -2.40. The number of allylic oxidation sites excluding steroid dienone is 6. The van der Waals surface area contributed by atoms with Gasteiger partial charge in [0.05, 0.1) is 18.4 Å². The number of carbonyl (C=O) groups excluding carboxylic acids is 4. The van der Waals surface area contributed by atoms with E-state index in [4.69, 9.17) is 4.74 Å². The predicted molar refractivity (Wildman–Crippen MR) is 149 cm³/mol. The summed E-state index contributed by atoms with van der Waals surface area (Å²) >= 11 is 0. The molecule has 0 radical (unpaired) electrons. The molecule has 2 N–H and O–H groups in total. The molecule has 4 aliphatic rings. The van der Waals surface area contributed by atoms with E-state index < -0.39 is 23.7 Å². The van der Waals surface area contributed by atoms with Gasteiger partial charge in [-0.05, 0) is 61.9 Å². The van der Waals surface area contributed by atoms with Gasteiger partial charge in [-0.3, -0.25) is 24.1 Å². The zero-order valence-corrected chi connectivity index (χ0v) is 22.7. The summed E-state index contributed by atoms with van der Waals surface area (Å²) in [5, 5.41) is 19.0. The lowest BCUT2D eigenvalue weighted by Gasteiger charge is -2.42. The van der Waals surface area contributed by atoms with Gasteiger partial charge in [0.25, 0.3) is 0 Å². The Morgan fingerprint density at radius 3 is 2.49 bits per heavy atom. The number of hydrogen-bond acceptors (Lipinski definition) is 7. The van der Waals surface area contributed by atoms with Gasteiger partial charge in [-0.15, -0.1) is 0 Å². The number of carbonyl (C=O) groups is 4. The third-order valence-corrected chi connectivity index (χ3v) is 8.80. The molecule has 0 aromatic heterocycles. The molecular formula is C33H31NO7. The molecule has 41 heavy (non-hydrogen) atoms. The van der Waals surface area contributed by atoms with E-state index in [0.29, 0.717) is 40.9 Å². The number of rotatable bonds is 7. The van der Waals surface area contributed by atoms with Crippen molar-refractivity contribution in [1.29, 1.82) is 0 Å². The van der Waals surface area contributed by atoms with Gasteiger partial charge in [0.1, 0.15) is 18.1 Å². The molecule has 1 heterocycles. The summed E-state index contributed by atoms with van der Waals surface area (Å²) in [7, 11) is 0. The Hall–Kier alpha value is -4.30. The lowest BCUT2D eigenvalue weighted by molar-refractivity contribution is -0.140. The second-order valence-corrected chi connectivity index (χ2v) is 11.1. The molecule has 2 aromatic rings. The fraction of sp³-hybridized carbons (Fsp3) is 0.333. The van der Waals surface area contributed by atoms with Gasteiger partial charge in [0, 0.05) is 34.7 Å². The first kappa shape index (κ1) is 26.9. The van der Waals surface area contributed by atoms with Gasteiger partial charge in [0.2, 0.25) is 11.8 Å². The highest BCUT2D eigenvalue weighted by Crippen LogP contribution is 2.56. The summed E-state index contributed by atoms with van der Waals surface area (Å²) in [6.45, 7) is 1.75. The van der Waals surface area contributed by atoms with E-state index in [2.05, 4.69) is 0 Å². The number of aromatic hydroxyl groups is 1. The summed E-state index contributed by atoms with van der Waals surface area (Å²) in [6, 6.07) is 14.0. The van der Waals surface area contributed by atoms with Gasteiger partial charge in [-0.2, -0.15) is 0 Å². The van der Waals surface area contributed by atoms with Crippen LogP contribution in [0.1, 0.15) is 36.8 Å². The summed E-state index contributed by atoms with van der Waals surface area (Å²) in [5.41, 5.74) is 3.64. The molecule has 4 atom stereocenters. The number of fused-ring (bicyclic) bond motifs is 3. The van der Waals surface area contributed by atoms with Crippen molar-refractivity contribution in [2.45, 2.75) is 32.1 Å². The van der Waals surface area contributed by atoms with Crippen molar-refractivity contribution in [3.8, 4) is 11.5 Å². The van der Waals surface area contributed by atoms with Crippen LogP contribution in [-0.4, -0.2) is 58.3 Å². The Morgan fingerprint density at radius 2 is 1.73 bits per heavy atom. The standard InChI is InChI=1S/C33H31NO7/c1-18-16-26(37)25-17-24-21(28(30(25)31(18)38)22-4-2-3-5-27(22)41-15-14-35)10-11-23-29(24)33(40)34(32(23)39)13-12-19-6-8-20(36)9-7-19/h2-10,16,23-24,28-29,35-36H,11-15,17H2,1H3. The third kappa shape index (κ3) is 4.52. The fourth-order valence-corrected chi connectivity index (χ4v) is 6.91. The summed E-state index contributed by atoms with van der Waals surface area (Å²) < 4.78 is 5.86. The number of phenols is 1. The predicted octanol–water partition coefficient (Wildman–Crippen LogP) is 3.44. The van der Waals surface area contributed by atoms with Crippen molar-refractivity contribution in [2.24, 2.45) is 17.8 Å². The fourth-order valence-electron chi connectivity index (χ4n) is 6.91. The number of ether oxygens (including phenoxy) is 1. The Labute approximate surface area is 237 Å². The molecule has 1 saturated heterocycles. The molecule has 0 bridgehead atoms. The SMILES string of the molecule is CC1=CC(=O)C2=C(C1=O)C(c1ccccc1OCCO)C1=CCC3C(=O)N(CCc4ccc(O)cc4)C(=O)C3C1C2. The number of hydrogen-bond donors (Lipinski definition) is 2. The highest BCUT2D eigenvalue weighted by atomic mass is 16.5. The van der Waals surface area contributed by atoms with E-state index in [1.54, 1.807) is 43.3 Å². The van der Waals surface area contributed by atoms with E-state index in [1.165, 1.54) is 11.0 Å². The molecule has 210 valence electrons. The van der Waals surface area contributed by atoms with Gasteiger partial charge in [0.15, 0.2) is 11.6 Å². The molecule has 8 nitrogen and oxygen atoms in total. The first-order chi connectivity index (χ1) is 19.8. The van der Waals surface area contributed by atoms with Crippen LogP contribution in [0.15, 0.2) is 83.0 Å². The second-order valence-electron chi connectivity index (χ2n) is 11.1. The van der Waals surface area contributed by atoms with Crippen LogP contribution in [-0.2, 0) is 25.6 Å². The molecule has 3 aliphatic carbocycles. The molecule has 8 heteroatoms. The van der Waals surface area contributed by atoms with E-state index in [9.17, 15) is 29.4 Å². The van der Waals surface area contributed by atoms with E-state index in [0.717, 1.165) is 11.1 Å². The summed E-state index contributed by atoms with van der Waals surface area (Å²) in [5.74, 6) is -2.41. The average Bonchev–Trinajstić information content (AvgIpc) is 3.22. The summed E-state index contributed by atoms with van der Waals surface area (Å²) in [6.07, 6.45) is 4.41. The van der Waals surface area contributed by atoms with Crippen molar-refractivity contribution in [1.82, 2.24) is 4.90 Å². The van der Waals surface area contributed by atoms with E-state index in [-0.39, 0.29) is 55.3 Å². The van der Waals surface area contributed by atoms with Crippen LogP contribution in [0, 0.1) is 17.8 Å². The average molecular weight is 554 g/mol. The molecule has 2 amide bonds. The number of aliphatic hydroxyl groups is 1. The molecule has 1 aliphatic heterocycles. The zero-order chi connectivity index (χ0) is 28.8. The number of benzene rings is 2. The van der Waals surface area contributed by atoms with Gasteiger partial charge < -0.3 is 14.9 Å². The highest BCUT2D eigenvalue weighted by molar-refractivity contribution is 6.24. The minimum Gasteiger partial charge on any atom is -0.508 e. The number of aliphatic hydroxyl groups excluding tert-OH is 1. The minimum atomic E-state index is -0.626. The summed E-state index contributed by atoms with van der Waals surface area (Å²) in [4.78, 5) is 55.7. The van der Waals surface area contributed by atoms with Gasteiger partial charge in [-0.1, -0.05) is 42.0 Å². The topological polar surface area (TPSA) is 121 Å². The Bertz CT molecular complexity index is 1550. The van der Waals surface area contributed by atoms with Gasteiger partial charge in [-0.25, -0.2) is 0 Å². The number of nitrogens with zero attached hydrogens (tertiary/aromatic N) is 1. The maximum Gasteiger partial charge on any atom is 0.233 e. The first-order valence-electron chi connectivity index (χ1n) is 14.0. The number of likely N-dealkylation sites (tertiary alicyclic amines) is 1. The number of para-hydroxylation sites is 1. The van der Waals surface area contributed by atoms with Crippen molar-refractivity contribution in [3.05, 3.63) is 94.1 Å². The van der Waals surface area contributed by atoms with E-state index in [1.807, 2.05) is 18.2 Å². The van der Waals surface area contributed by atoms with Crippen LogP contribution >= 0.6 is 0 Å². The lowest BCUT2D eigenvalue weighted by atomic mass is 9.59. The molecule has 0 saturated carbocycles. The smallest absolute Gasteiger partial charge is 0.233 e. The largest absolute Gasteiger partial charge is 0.508 e. The van der Waals surface area contributed by atoms with Crippen LogP contribution in [0.25, 0.3) is 0 Å². The van der Waals surface area contributed by atoms with E-state index >= 15 is 0 Å². The third-order valence-electron chi connectivity index (χ3n) is 8.80. The molecule has 4 unspecified atom stereocenters. The monoisotopic (exact) mass is 553 g/mol. The second kappa shape index (κ2) is 10.6. The Balaban J connectivity index is 1.39. The van der Waals surface area contributed by atoms with Crippen molar-refractivity contribution >= 4 is 23.4 Å². The van der Waals surface area contributed by atoms with Crippen LogP contribution in [0.3, 0.4) is 0 Å². The number of Topliss-reactive ketones (excluding diaryl/α,β-unsaturated/α-hetero) is 1. The number of phenolic OH excluding ortho intramolecular Hbond substituents is 1. The Kier molecular flexibility index (Phi) is 6.95. The number of imide groups is 1. The van der Waals surface area contributed by atoms with Crippen LogP contribution in [0.4, 0.5) is 0 Å². The number of ketones is 2. The van der Waals surface area contributed by atoms with Crippen molar-refractivity contribution < 1.29 is 34.1 Å². The van der Waals surface area contributed by atoms with Crippen LogP contribution in [0.5, 0.6) is 11.5 Å². The highest BCUT2D eigenvalue weighted by Gasteiger charge is 2.56. The maximum atomic E-state index is 13.9. The van der Waals surface area contributed by atoms with Crippen molar-refractivity contribution in [3.63, 3.8) is 0 Å². The minimum absolute atomic E-state index is 0.0671. The van der Waals surface area contributed by atoms with Crippen molar-refractivity contribution in [2.75, 3.05) is 19.8 Å². The van der Waals surface area contributed by atoms with Crippen LogP contribution < -0.4 is 4.74 Å². The Morgan fingerprint density at radius 1 is 0.976 bits per heavy atom. The zero-order valence-electron chi connectivity index (χ0n) is 22.7. The molecular weight excluding hydrogens is 522 g/mol. The van der Waals surface area contributed by atoms with Crippen LogP contribution in [0.2, 0.25) is 0 Å².